The molecule has 1 atom stereocenters. The predicted octanol–water partition coefficient (Wildman–Crippen LogP) is 2.99. The average molecular weight is 249 g/mol. The first kappa shape index (κ1) is 12.0. The van der Waals surface area contributed by atoms with Crippen molar-refractivity contribution in [2.75, 3.05) is 5.75 Å². The number of carboxylic acid groups (broad SMARTS) is 1. The summed E-state index contributed by atoms with van der Waals surface area (Å²) in [4.78, 5) is 11.9. The molecule has 17 heavy (non-hydrogen) atoms. The molecule has 0 radical (unpaired) electrons. The van der Waals surface area contributed by atoms with E-state index < -0.39 is 5.97 Å². The molecule has 1 aromatic heterocycles. The number of benzene rings is 1. The van der Waals surface area contributed by atoms with Crippen molar-refractivity contribution >= 4 is 28.6 Å². The number of para-hydroxylation sites is 1. The quantitative estimate of drug-likeness (QED) is 0.847. The van der Waals surface area contributed by atoms with Gasteiger partial charge in [0.1, 0.15) is 0 Å². The molecule has 1 heterocycles. The van der Waals surface area contributed by atoms with Crippen LogP contribution in [0.2, 0.25) is 0 Å². The van der Waals surface area contributed by atoms with Crippen molar-refractivity contribution in [3.8, 4) is 0 Å². The van der Waals surface area contributed by atoms with E-state index in [0.29, 0.717) is 5.75 Å². The first-order chi connectivity index (χ1) is 8.09. The summed E-state index contributed by atoms with van der Waals surface area (Å²) in [6.45, 7) is 1.74. The molecule has 0 saturated carbocycles. The fraction of sp³-hybridized carbons (Fsp3) is 0.308. The summed E-state index contributed by atoms with van der Waals surface area (Å²) in [7, 11) is 2.01. The summed E-state index contributed by atoms with van der Waals surface area (Å²) >= 11 is 1.61. The van der Waals surface area contributed by atoms with Crippen molar-refractivity contribution in [2.24, 2.45) is 13.0 Å². The maximum absolute atomic E-state index is 10.8. The highest BCUT2D eigenvalue weighted by molar-refractivity contribution is 7.99. The number of fused-ring (bicyclic) bond motifs is 1. The van der Waals surface area contributed by atoms with Gasteiger partial charge in [0.2, 0.25) is 0 Å². The van der Waals surface area contributed by atoms with Gasteiger partial charge in [-0.05, 0) is 6.07 Å². The van der Waals surface area contributed by atoms with E-state index in [1.165, 1.54) is 10.9 Å². The molecule has 1 N–H and O–H groups in total. The highest BCUT2D eigenvalue weighted by Crippen LogP contribution is 2.30. The molecular formula is C13H15NO2S. The molecular weight excluding hydrogens is 234 g/mol. The summed E-state index contributed by atoms with van der Waals surface area (Å²) < 4.78 is 2.07. The third kappa shape index (κ3) is 2.47. The number of rotatable bonds is 4. The summed E-state index contributed by atoms with van der Waals surface area (Å²) in [5, 5.41) is 10.1. The van der Waals surface area contributed by atoms with Gasteiger partial charge in [0, 0.05) is 34.8 Å². The van der Waals surface area contributed by atoms with E-state index in [-0.39, 0.29) is 5.92 Å². The van der Waals surface area contributed by atoms with Crippen LogP contribution < -0.4 is 0 Å². The zero-order chi connectivity index (χ0) is 12.4. The molecule has 0 aliphatic heterocycles. The summed E-state index contributed by atoms with van der Waals surface area (Å²) in [6.07, 6.45) is 2.06. The van der Waals surface area contributed by atoms with Crippen molar-refractivity contribution in [3.05, 3.63) is 30.5 Å². The van der Waals surface area contributed by atoms with Crippen LogP contribution in [-0.2, 0) is 11.8 Å². The molecule has 0 aliphatic carbocycles. The molecule has 0 amide bonds. The van der Waals surface area contributed by atoms with Gasteiger partial charge in [-0.2, -0.15) is 0 Å². The Balaban J connectivity index is 2.22. The van der Waals surface area contributed by atoms with Crippen LogP contribution in [0.25, 0.3) is 10.9 Å². The van der Waals surface area contributed by atoms with Crippen molar-refractivity contribution < 1.29 is 9.90 Å². The van der Waals surface area contributed by atoms with Crippen LogP contribution in [0.5, 0.6) is 0 Å². The van der Waals surface area contributed by atoms with Crippen LogP contribution in [0.3, 0.4) is 0 Å². The van der Waals surface area contributed by atoms with Gasteiger partial charge in [-0.25, -0.2) is 0 Å². The van der Waals surface area contributed by atoms with E-state index in [2.05, 4.69) is 22.9 Å². The Morgan fingerprint density at radius 1 is 1.47 bits per heavy atom. The maximum Gasteiger partial charge on any atom is 0.307 e. The van der Waals surface area contributed by atoms with E-state index in [9.17, 15) is 4.79 Å². The van der Waals surface area contributed by atoms with Crippen molar-refractivity contribution in [1.29, 1.82) is 0 Å². The van der Waals surface area contributed by atoms with Gasteiger partial charge in [-0.1, -0.05) is 25.1 Å². The summed E-state index contributed by atoms with van der Waals surface area (Å²) in [5.41, 5.74) is 1.18. The van der Waals surface area contributed by atoms with Gasteiger partial charge in [0.25, 0.3) is 0 Å². The van der Waals surface area contributed by atoms with Gasteiger partial charge >= 0.3 is 5.97 Å². The molecule has 1 aromatic carbocycles. The molecule has 3 nitrogen and oxygen atoms in total. The number of carboxylic acids is 1. The second-order valence-corrected chi connectivity index (χ2v) is 5.23. The number of aryl methyl sites for hydroxylation is 1. The van der Waals surface area contributed by atoms with Crippen LogP contribution in [0, 0.1) is 5.92 Å². The zero-order valence-electron chi connectivity index (χ0n) is 9.88. The number of carbonyl (C=O) groups is 1. The molecule has 2 rings (SSSR count). The molecule has 0 fully saturated rings. The van der Waals surface area contributed by atoms with E-state index in [0.717, 1.165) is 4.90 Å². The summed E-state index contributed by atoms with van der Waals surface area (Å²) in [6, 6.07) is 8.16. The fourth-order valence-corrected chi connectivity index (χ4v) is 2.84. The topological polar surface area (TPSA) is 42.2 Å². The van der Waals surface area contributed by atoms with E-state index >= 15 is 0 Å². The SMILES string of the molecule is CC(CSc1cn(C)c2ccccc12)C(=O)O. The first-order valence-electron chi connectivity index (χ1n) is 5.49. The first-order valence-corrected chi connectivity index (χ1v) is 6.48. The molecule has 4 heteroatoms. The van der Waals surface area contributed by atoms with Crippen LogP contribution in [0.4, 0.5) is 0 Å². The second-order valence-electron chi connectivity index (χ2n) is 4.17. The lowest BCUT2D eigenvalue weighted by atomic mass is 10.2. The minimum Gasteiger partial charge on any atom is -0.481 e. The highest BCUT2D eigenvalue weighted by atomic mass is 32.2. The Kier molecular flexibility index (Phi) is 3.43. The van der Waals surface area contributed by atoms with Crippen molar-refractivity contribution in [1.82, 2.24) is 4.57 Å². The van der Waals surface area contributed by atoms with Crippen molar-refractivity contribution in [3.63, 3.8) is 0 Å². The standard InChI is InChI=1S/C13H15NO2S/c1-9(13(15)16)8-17-12-7-14(2)11-6-4-3-5-10(11)12/h3-7,9H,8H2,1-2H3,(H,15,16). The molecule has 0 saturated heterocycles. The van der Waals surface area contributed by atoms with E-state index in [1.54, 1.807) is 18.7 Å². The smallest absolute Gasteiger partial charge is 0.307 e. The third-order valence-corrected chi connectivity index (χ3v) is 4.07. The number of nitrogens with zero attached hydrogens (tertiary/aromatic N) is 1. The molecule has 2 aromatic rings. The summed E-state index contributed by atoms with van der Waals surface area (Å²) in [5.74, 6) is -0.458. The molecule has 0 spiro atoms. The van der Waals surface area contributed by atoms with Gasteiger partial charge in [0.05, 0.1) is 5.92 Å². The Morgan fingerprint density at radius 3 is 2.88 bits per heavy atom. The molecule has 1 unspecified atom stereocenters. The lowest BCUT2D eigenvalue weighted by Crippen LogP contribution is -2.11. The van der Waals surface area contributed by atoms with Gasteiger partial charge in [0.15, 0.2) is 0 Å². The second kappa shape index (κ2) is 4.84. The van der Waals surface area contributed by atoms with Crippen molar-refractivity contribution in [2.45, 2.75) is 11.8 Å². The normalized spacial score (nSPS) is 12.8. The van der Waals surface area contributed by atoms with Crippen LogP contribution in [-0.4, -0.2) is 21.4 Å². The van der Waals surface area contributed by atoms with Crippen LogP contribution in [0.1, 0.15) is 6.92 Å². The monoisotopic (exact) mass is 249 g/mol. The van der Waals surface area contributed by atoms with Gasteiger partial charge in [-0.3, -0.25) is 4.79 Å². The number of aromatic nitrogens is 1. The minimum absolute atomic E-state index is 0.320. The lowest BCUT2D eigenvalue weighted by molar-refractivity contribution is -0.140. The number of hydrogen-bond donors (Lipinski definition) is 1. The predicted molar refractivity (Wildman–Crippen MR) is 70.4 cm³/mol. The molecule has 90 valence electrons. The van der Waals surface area contributed by atoms with E-state index in [1.807, 2.05) is 19.2 Å². The van der Waals surface area contributed by atoms with Crippen LogP contribution >= 0.6 is 11.8 Å². The lowest BCUT2D eigenvalue weighted by Gasteiger charge is -2.04. The number of thioether (sulfide) groups is 1. The zero-order valence-corrected chi connectivity index (χ0v) is 10.7. The number of aliphatic carboxylic acids is 1. The van der Waals surface area contributed by atoms with E-state index in [4.69, 9.17) is 5.11 Å². The Bertz CT molecular complexity index is 547. The third-order valence-electron chi connectivity index (χ3n) is 2.77. The fourth-order valence-electron chi connectivity index (χ4n) is 1.71. The Labute approximate surface area is 104 Å². The van der Waals surface area contributed by atoms with Gasteiger partial charge < -0.3 is 9.67 Å². The Hall–Kier alpha value is -1.42. The van der Waals surface area contributed by atoms with Crippen LogP contribution in [0.15, 0.2) is 35.4 Å². The Morgan fingerprint density at radius 2 is 2.18 bits per heavy atom. The number of hydrogen-bond acceptors (Lipinski definition) is 2. The highest BCUT2D eigenvalue weighted by Gasteiger charge is 2.13. The largest absolute Gasteiger partial charge is 0.481 e. The average Bonchev–Trinajstić information content (AvgIpc) is 2.64. The minimum atomic E-state index is -0.738. The maximum atomic E-state index is 10.8. The molecule has 0 bridgehead atoms. The molecule has 0 aliphatic rings. The van der Waals surface area contributed by atoms with Gasteiger partial charge in [-0.15, -0.1) is 11.8 Å².